The zero-order valence-electron chi connectivity index (χ0n) is 9.43. The quantitative estimate of drug-likeness (QED) is 0.806. The smallest absolute Gasteiger partial charge is 0.326 e. The Kier molecular flexibility index (Phi) is 3.65. The first-order chi connectivity index (χ1) is 7.41. The van der Waals surface area contributed by atoms with Crippen LogP contribution in [0.5, 0.6) is 0 Å². The molecule has 16 heavy (non-hydrogen) atoms. The minimum absolute atomic E-state index is 0.0471. The van der Waals surface area contributed by atoms with Crippen LogP contribution in [0.4, 0.5) is 0 Å². The Labute approximate surface area is 92.8 Å². The van der Waals surface area contributed by atoms with Crippen molar-refractivity contribution in [1.29, 1.82) is 0 Å². The SMILES string of the molecule is Cc1cc(CC(=O)N(C)C(C)C(=O)O)no1. The number of likely N-dealkylation sites (N-methyl/N-ethyl adjacent to an activating group) is 1. The van der Waals surface area contributed by atoms with Crippen molar-refractivity contribution in [3.8, 4) is 0 Å². The van der Waals surface area contributed by atoms with E-state index in [0.717, 1.165) is 0 Å². The van der Waals surface area contributed by atoms with Gasteiger partial charge in [0.1, 0.15) is 11.8 Å². The fourth-order valence-corrected chi connectivity index (χ4v) is 1.16. The molecule has 1 atom stereocenters. The van der Waals surface area contributed by atoms with Gasteiger partial charge in [0, 0.05) is 13.1 Å². The van der Waals surface area contributed by atoms with Gasteiger partial charge in [0.15, 0.2) is 0 Å². The lowest BCUT2D eigenvalue weighted by molar-refractivity contribution is -0.148. The molecule has 1 unspecified atom stereocenters. The second kappa shape index (κ2) is 4.78. The standard InChI is InChI=1S/C10H14N2O4/c1-6-4-8(11-16-6)5-9(13)12(3)7(2)10(14)15/h4,7H,5H2,1-3H3,(H,14,15). The van der Waals surface area contributed by atoms with Crippen molar-refractivity contribution in [2.75, 3.05) is 7.05 Å². The molecule has 0 aliphatic rings. The Balaban J connectivity index is 2.62. The maximum atomic E-state index is 11.6. The maximum Gasteiger partial charge on any atom is 0.326 e. The summed E-state index contributed by atoms with van der Waals surface area (Å²) in [6.45, 7) is 3.18. The highest BCUT2D eigenvalue weighted by atomic mass is 16.5. The van der Waals surface area contributed by atoms with Gasteiger partial charge in [-0.3, -0.25) is 4.79 Å². The van der Waals surface area contributed by atoms with Crippen LogP contribution in [-0.4, -0.2) is 40.1 Å². The molecule has 1 aromatic rings. The number of carbonyl (C=O) groups is 2. The highest BCUT2D eigenvalue weighted by Gasteiger charge is 2.22. The van der Waals surface area contributed by atoms with E-state index in [2.05, 4.69) is 5.16 Å². The minimum Gasteiger partial charge on any atom is -0.480 e. The third kappa shape index (κ3) is 2.82. The molecule has 1 heterocycles. The Morgan fingerprint density at radius 2 is 2.25 bits per heavy atom. The molecule has 0 fully saturated rings. The van der Waals surface area contributed by atoms with Gasteiger partial charge in [-0.2, -0.15) is 0 Å². The molecule has 1 rings (SSSR count). The van der Waals surface area contributed by atoms with Gasteiger partial charge in [-0.1, -0.05) is 5.16 Å². The average molecular weight is 226 g/mol. The van der Waals surface area contributed by atoms with Gasteiger partial charge in [0.25, 0.3) is 0 Å². The molecule has 1 amide bonds. The largest absolute Gasteiger partial charge is 0.480 e. The van der Waals surface area contributed by atoms with Crippen LogP contribution in [0, 0.1) is 6.92 Å². The first-order valence-corrected chi connectivity index (χ1v) is 4.82. The molecular weight excluding hydrogens is 212 g/mol. The van der Waals surface area contributed by atoms with Crippen LogP contribution in [0.1, 0.15) is 18.4 Å². The zero-order chi connectivity index (χ0) is 12.3. The first-order valence-electron chi connectivity index (χ1n) is 4.82. The van der Waals surface area contributed by atoms with E-state index >= 15 is 0 Å². The number of aromatic nitrogens is 1. The molecule has 6 heteroatoms. The van der Waals surface area contributed by atoms with Crippen molar-refractivity contribution in [2.24, 2.45) is 0 Å². The van der Waals surface area contributed by atoms with Crippen LogP contribution in [-0.2, 0) is 16.0 Å². The van der Waals surface area contributed by atoms with Gasteiger partial charge in [0.2, 0.25) is 5.91 Å². The molecular formula is C10H14N2O4. The fourth-order valence-electron chi connectivity index (χ4n) is 1.16. The Morgan fingerprint density at radius 3 is 2.69 bits per heavy atom. The molecule has 88 valence electrons. The van der Waals surface area contributed by atoms with Gasteiger partial charge < -0.3 is 14.5 Å². The first kappa shape index (κ1) is 12.2. The van der Waals surface area contributed by atoms with E-state index in [1.165, 1.54) is 18.9 Å². The number of carbonyl (C=O) groups excluding carboxylic acids is 1. The third-order valence-corrected chi connectivity index (χ3v) is 2.34. The van der Waals surface area contributed by atoms with Gasteiger partial charge >= 0.3 is 5.97 Å². The van der Waals surface area contributed by atoms with Gasteiger partial charge in [-0.15, -0.1) is 0 Å². The molecule has 1 aromatic heterocycles. The van der Waals surface area contributed by atoms with Crippen molar-refractivity contribution >= 4 is 11.9 Å². The summed E-state index contributed by atoms with van der Waals surface area (Å²) in [5.41, 5.74) is 0.506. The van der Waals surface area contributed by atoms with E-state index in [4.69, 9.17) is 9.63 Å². The lowest BCUT2D eigenvalue weighted by atomic mass is 10.2. The predicted octanol–water partition coefficient (Wildman–Crippen LogP) is 0.457. The number of hydrogen-bond donors (Lipinski definition) is 1. The van der Waals surface area contributed by atoms with Crippen LogP contribution in [0.3, 0.4) is 0 Å². The molecule has 0 saturated heterocycles. The van der Waals surface area contributed by atoms with Crippen LogP contribution >= 0.6 is 0 Å². The monoisotopic (exact) mass is 226 g/mol. The highest BCUT2D eigenvalue weighted by Crippen LogP contribution is 2.05. The van der Waals surface area contributed by atoms with Gasteiger partial charge in [0.05, 0.1) is 12.1 Å². The minimum atomic E-state index is -1.04. The molecule has 0 saturated carbocycles. The molecule has 6 nitrogen and oxygen atoms in total. The summed E-state index contributed by atoms with van der Waals surface area (Å²) in [5.74, 6) is -0.716. The summed E-state index contributed by atoms with van der Waals surface area (Å²) in [4.78, 5) is 23.5. The van der Waals surface area contributed by atoms with Crippen molar-refractivity contribution in [1.82, 2.24) is 10.1 Å². The third-order valence-electron chi connectivity index (χ3n) is 2.34. The van der Waals surface area contributed by atoms with Crippen molar-refractivity contribution in [3.05, 3.63) is 17.5 Å². The van der Waals surface area contributed by atoms with E-state index < -0.39 is 12.0 Å². The number of nitrogens with zero attached hydrogens (tertiary/aromatic N) is 2. The number of carboxylic acid groups (broad SMARTS) is 1. The second-order valence-corrected chi connectivity index (χ2v) is 3.62. The Bertz CT molecular complexity index is 399. The van der Waals surface area contributed by atoms with Crippen molar-refractivity contribution in [2.45, 2.75) is 26.3 Å². The van der Waals surface area contributed by atoms with Crippen LogP contribution in [0.25, 0.3) is 0 Å². The zero-order valence-corrected chi connectivity index (χ0v) is 9.43. The highest BCUT2D eigenvalue weighted by molar-refractivity contribution is 5.84. The average Bonchev–Trinajstić information content (AvgIpc) is 2.61. The topological polar surface area (TPSA) is 83.6 Å². The summed E-state index contributed by atoms with van der Waals surface area (Å²) >= 11 is 0. The fraction of sp³-hybridized carbons (Fsp3) is 0.500. The molecule has 0 aliphatic carbocycles. The Hall–Kier alpha value is -1.85. The number of rotatable bonds is 4. The molecule has 0 bridgehead atoms. The number of hydrogen-bond acceptors (Lipinski definition) is 4. The van der Waals surface area contributed by atoms with Gasteiger partial charge in [-0.05, 0) is 13.8 Å². The van der Waals surface area contributed by atoms with E-state index in [1.54, 1.807) is 13.0 Å². The summed E-state index contributed by atoms with van der Waals surface area (Å²) in [6.07, 6.45) is 0.0471. The van der Waals surface area contributed by atoms with E-state index in [9.17, 15) is 9.59 Å². The Morgan fingerprint density at radius 1 is 1.62 bits per heavy atom. The summed E-state index contributed by atoms with van der Waals surface area (Å²) in [5, 5.41) is 12.4. The molecule has 0 radical (unpaired) electrons. The number of aryl methyl sites for hydroxylation is 1. The molecule has 0 aromatic carbocycles. The van der Waals surface area contributed by atoms with E-state index in [-0.39, 0.29) is 12.3 Å². The van der Waals surface area contributed by atoms with E-state index in [1.807, 2.05) is 0 Å². The molecule has 0 spiro atoms. The lowest BCUT2D eigenvalue weighted by Gasteiger charge is -2.20. The lowest BCUT2D eigenvalue weighted by Crippen LogP contribution is -2.41. The van der Waals surface area contributed by atoms with Crippen molar-refractivity contribution in [3.63, 3.8) is 0 Å². The molecule has 0 aliphatic heterocycles. The molecule has 1 N–H and O–H groups in total. The number of amides is 1. The van der Waals surface area contributed by atoms with Crippen LogP contribution in [0.15, 0.2) is 10.6 Å². The maximum absolute atomic E-state index is 11.6. The van der Waals surface area contributed by atoms with E-state index in [0.29, 0.717) is 11.5 Å². The van der Waals surface area contributed by atoms with Crippen LogP contribution in [0.2, 0.25) is 0 Å². The predicted molar refractivity (Wildman–Crippen MR) is 54.8 cm³/mol. The normalized spacial score (nSPS) is 12.2. The summed E-state index contributed by atoms with van der Waals surface area (Å²) < 4.78 is 4.82. The number of carboxylic acids is 1. The van der Waals surface area contributed by atoms with Crippen molar-refractivity contribution < 1.29 is 19.2 Å². The summed E-state index contributed by atoms with van der Waals surface area (Å²) in [7, 11) is 1.45. The summed E-state index contributed by atoms with van der Waals surface area (Å²) in [6, 6.07) is 0.803. The number of aliphatic carboxylic acids is 1. The van der Waals surface area contributed by atoms with Crippen LogP contribution < -0.4 is 0 Å². The second-order valence-electron chi connectivity index (χ2n) is 3.62. The van der Waals surface area contributed by atoms with Gasteiger partial charge in [-0.25, -0.2) is 4.79 Å².